The SMILES string of the molecule is NC1CCC(C2COc3ccc4ccccc4c3-c3c(ccc4ccccc34)OC2)CC1. The maximum absolute atomic E-state index is 6.60. The Labute approximate surface area is 189 Å². The topological polar surface area (TPSA) is 44.5 Å². The molecule has 0 radical (unpaired) electrons. The van der Waals surface area contributed by atoms with E-state index in [2.05, 4.69) is 72.8 Å². The van der Waals surface area contributed by atoms with Crippen LogP contribution in [0.4, 0.5) is 0 Å². The van der Waals surface area contributed by atoms with Crippen molar-refractivity contribution in [3.8, 4) is 22.6 Å². The van der Waals surface area contributed by atoms with Crippen molar-refractivity contribution in [2.24, 2.45) is 17.6 Å². The maximum Gasteiger partial charge on any atom is 0.127 e. The van der Waals surface area contributed by atoms with Crippen molar-refractivity contribution in [1.82, 2.24) is 0 Å². The molecule has 1 aliphatic carbocycles. The molecule has 0 unspecified atom stereocenters. The number of ether oxygens (including phenoxy) is 2. The van der Waals surface area contributed by atoms with E-state index in [0.29, 0.717) is 31.1 Å². The lowest BCUT2D eigenvalue weighted by atomic mass is 9.79. The van der Waals surface area contributed by atoms with Gasteiger partial charge < -0.3 is 15.2 Å². The molecule has 4 aromatic carbocycles. The van der Waals surface area contributed by atoms with Gasteiger partial charge in [0.25, 0.3) is 0 Å². The van der Waals surface area contributed by atoms with Gasteiger partial charge >= 0.3 is 0 Å². The highest BCUT2D eigenvalue weighted by molar-refractivity contribution is 6.09. The Hall–Kier alpha value is -3.04. The van der Waals surface area contributed by atoms with E-state index in [1.807, 2.05) is 0 Å². The molecule has 32 heavy (non-hydrogen) atoms. The summed E-state index contributed by atoms with van der Waals surface area (Å²) in [6, 6.07) is 26.1. The molecule has 0 atom stereocenters. The van der Waals surface area contributed by atoms with Gasteiger partial charge in [0.05, 0.1) is 13.2 Å². The van der Waals surface area contributed by atoms with Crippen molar-refractivity contribution in [2.45, 2.75) is 31.7 Å². The predicted octanol–water partition coefficient (Wildman–Crippen LogP) is 6.56. The van der Waals surface area contributed by atoms with Crippen molar-refractivity contribution in [3.05, 3.63) is 72.8 Å². The minimum Gasteiger partial charge on any atom is -0.492 e. The van der Waals surface area contributed by atoms with Gasteiger partial charge in [-0.2, -0.15) is 0 Å². The Morgan fingerprint density at radius 3 is 1.59 bits per heavy atom. The first-order valence-electron chi connectivity index (χ1n) is 11.8. The first kappa shape index (κ1) is 19.6. The van der Waals surface area contributed by atoms with Gasteiger partial charge in [-0.3, -0.25) is 0 Å². The van der Waals surface area contributed by atoms with E-state index in [0.717, 1.165) is 48.3 Å². The van der Waals surface area contributed by atoms with Gasteiger partial charge in [0.1, 0.15) is 11.5 Å². The second kappa shape index (κ2) is 8.14. The van der Waals surface area contributed by atoms with Crippen LogP contribution in [0, 0.1) is 11.8 Å². The van der Waals surface area contributed by atoms with Crippen molar-refractivity contribution in [1.29, 1.82) is 0 Å². The second-order valence-corrected chi connectivity index (χ2v) is 9.38. The van der Waals surface area contributed by atoms with Gasteiger partial charge in [0.15, 0.2) is 0 Å². The first-order chi connectivity index (χ1) is 15.8. The number of benzene rings is 4. The lowest BCUT2D eigenvalue weighted by Crippen LogP contribution is -2.34. The van der Waals surface area contributed by atoms with Crippen LogP contribution in [-0.4, -0.2) is 19.3 Å². The summed E-state index contributed by atoms with van der Waals surface area (Å²) in [6.07, 6.45) is 4.52. The fourth-order valence-corrected chi connectivity index (χ4v) is 5.59. The van der Waals surface area contributed by atoms with Crippen LogP contribution in [0.15, 0.2) is 72.8 Å². The van der Waals surface area contributed by atoms with Crippen molar-refractivity contribution >= 4 is 21.5 Å². The summed E-state index contributed by atoms with van der Waals surface area (Å²) in [6.45, 7) is 1.36. The Bertz CT molecular complexity index is 1180. The van der Waals surface area contributed by atoms with Crippen LogP contribution in [0.2, 0.25) is 0 Å². The predicted molar refractivity (Wildman–Crippen MR) is 131 cm³/mol. The number of rotatable bonds is 1. The Morgan fingerprint density at radius 1 is 0.562 bits per heavy atom. The average Bonchev–Trinajstić information content (AvgIpc) is 2.92. The molecular weight excluding hydrogens is 394 g/mol. The van der Waals surface area contributed by atoms with Gasteiger partial charge in [0, 0.05) is 23.1 Å². The zero-order valence-corrected chi connectivity index (χ0v) is 18.3. The number of fused-ring (bicyclic) bond motifs is 7. The molecular formula is C29H29NO2. The van der Waals surface area contributed by atoms with Gasteiger partial charge in [-0.05, 0) is 65.3 Å². The molecule has 4 aromatic rings. The Kier molecular flexibility index (Phi) is 4.99. The third kappa shape index (κ3) is 3.41. The molecule has 1 aliphatic heterocycles. The van der Waals surface area contributed by atoms with Crippen LogP contribution in [0.5, 0.6) is 11.5 Å². The summed E-state index contributed by atoms with van der Waals surface area (Å²) in [5.41, 5.74) is 8.46. The molecule has 0 spiro atoms. The normalized spacial score (nSPS) is 21.5. The molecule has 2 aliphatic rings. The van der Waals surface area contributed by atoms with E-state index >= 15 is 0 Å². The third-order valence-electron chi connectivity index (χ3n) is 7.42. The van der Waals surface area contributed by atoms with Crippen LogP contribution in [0.25, 0.3) is 32.7 Å². The Balaban J connectivity index is 1.54. The highest BCUT2D eigenvalue weighted by Crippen LogP contribution is 2.46. The van der Waals surface area contributed by atoms with E-state index in [4.69, 9.17) is 15.2 Å². The van der Waals surface area contributed by atoms with Crippen LogP contribution in [-0.2, 0) is 0 Å². The lowest BCUT2D eigenvalue weighted by Gasteiger charge is -2.32. The summed E-state index contributed by atoms with van der Waals surface area (Å²) >= 11 is 0. The van der Waals surface area contributed by atoms with E-state index in [1.165, 1.54) is 21.5 Å². The molecule has 1 saturated carbocycles. The molecule has 1 heterocycles. The van der Waals surface area contributed by atoms with E-state index in [1.54, 1.807) is 0 Å². The third-order valence-corrected chi connectivity index (χ3v) is 7.42. The van der Waals surface area contributed by atoms with Gasteiger partial charge in [-0.25, -0.2) is 0 Å². The zero-order valence-electron chi connectivity index (χ0n) is 18.3. The van der Waals surface area contributed by atoms with Crippen molar-refractivity contribution < 1.29 is 9.47 Å². The van der Waals surface area contributed by atoms with Gasteiger partial charge in [-0.1, -0.05) is 60.7 Å². The standard InChI is InChI=1S/C29H29NO2/c30-23-13-9-19(10-14-23)22-17-31-26-15-11-20-5-1-3-7-24(20)28(26)29-25-8-4-2-6-21(25)12-16-27(29)32-18-22/h1-8,11-12,15-16,19,22-23H,9-10,13-14,17-18,30H2. The zero-order chi connectivity index (χ0) is 21.5. The summed E-state index contributed by atoms with van der Waals surface area (Å²) in [7, 11) is 0. The van der Waals surface area contributed by atoms with Gasteiger partial charge in [0.2, 0.25) is 0 Å². The quantitative estimate of drug-likeness (QED) is 0.377. The molecule has 0 saturated heterocycles. The van der Waals surface area contributed by atoms with Crippen LogP contribution in [0.3, 0.4) is 0 Å². The monoisotopic (exact) mass is 423 g/mol. The largest absolute Gasteiger partial charge is 0.492 e. The second-order valence-electron chi connectivity index (χ2n) is 9.38. The average molecular weight is 424 g/mol. The molecule has 162 valence electrons. The van der Waals surface area contributed by atoms with Crippen molar-refractivity contribution in [2.75, 3.05) is 13.2 Å². The molecule has 0 bridgehead atoms. The molecule has 3 nitrogen and oxygen atoms in total. The fourth-order valence-electron chi connectivity index (χ4n) is 5.59. The molecule has 0 aromatic heterocycles. The molecule has 3 heteroatoms. The van der Waals surface area contributed by atoms with Crippen LogP contribution in [0.1, 0.15) is 25.7 Å². The summed E-state index contributed by atoms with van der Waals surface area (Å²) in [5.74, 6) is 2.86. The fraction of sp³-hybridized carbons (Fsp3) is 0.310. The van der Waals surface area contributed by atoms with Crippen molar-refractivity contribution in [3.63, 3.8) is 0 Å². The molecule has 0 amide bonds. The lowest BCUT2D eigenvalue weighted by molar-refractivity contribution is 0.108. The van der Waals surface area contributed by atoms with Crippen LogP contribution >= 0.6 is 0 Å². The number of hydrogen-bond donors (Lipinski definition) is 1. The molecule has 1 fully saturated rings. The van der Waals surface area contributed by atoms with E-state index in [-0.39, 0.29) is 0 Å². The smallest absolute Gasteiger partial charge is 0.127 e. The first-order valence-corrected chi connectivity index (χ1v) is 11.8. The van der Waals surface area contributed by atoms with E-state index in [9.17, 15) is 0 Å². The van der Waals surface area contributed by atoms with Crippen LogP contribution < -0.4 is 15.2 Å². The molecule has 6 rings (SSSR count). The minimum atomic E-state index is 0.351. The Morgan fingerprint density at radius 2 is 1.06 bits per heavy atom. The van der Waals surface area contributed by atoms with Gasteiger partial charge in [-0.15, -0.1) is 0 Å². The minimum absolute atomic E-state index is 0.351. The highest BCUT2D eigenvalue weighted by atomic mass is 16.5. The summed E-state index contributed by atoms with van der Waals surface area (Å²) < 4.78 is 13.2. The number of hydrogen-bond acceptors (Lipinski definition) is 3. The molecule has 2 N–H and O–H groups in total. The summed E-state index contributed by atoms with van der Waals surface area (Å²) in [5, 5.41) is 4.83. The number of nitrogens with two attached hydrogens (primary N) is 1. The van der Waals surface area contributed by atoms with E-state index < -0.39 is 0 Å². The maximum atomic E-state index is 6.60. The highest BCUT2D eigenvalue weighted by Gasteiger charge is 2.30. The summed E-state index contributed by atoms with van der Waals surface area (Å²) in [4.78, 5) is 0.